The molecule has 0 fully saturated rings. The van der Waals surface area contributed by atoms with Crippen molar-refractivity contribution in [3.63, 3.8) is 0 Å². The highest BCUT2D eigenvalue weighted by Crippen LogP contribution is 2.27. The van der Waals surface area contributed by atoms with Crippen molar-refractivity contribution in [2.24, 2.45) is 0 Å². The Labute approximate surface area is 152 Å². The molecule has 0 aliphatic rings. The molecular weight excluding hydrogens is 334 g/mol. The largest absolute Gasteiger partial charge is 0.344 e. The van der Waals surface area contributed by atoms with E-state index in [1.54, 1.807) is 18.0 Å². The van der Waals surface area contributed by atoms with E-state index < -0.39 is 0 Å². The van der Waals surface area contributed by atoms with Crippen molar-refractivity contribution in [1.29, 1.82) is 5.26 Å². The number of nitriles is 1. The van der Waals surface area contributed by atoms with Crippen LogP contribution in [0.4, 0.5) is 0 Å². The summed E-state index contributed by atoms with van der Waals surface area (Å²) in [5.74, 6) is 0.718. The second kappa shape index (κ2) is 9.04. The minimum Gasteiger partial charge on any atom is -0.344 e. The Morgan fingerprint density at radius 2 is 2.16 bits per heavy atom. The first-order valence-corrected chi connectivity index (χ1v) is 8.84. The molecule has 1 amide bonds. The van der Waals surface area contributed by atoms with Gasteiger partial charge in [0.25, 0.3) is 0 Å². The fraction of sp³-hybridized carbons (Fsp3) is 0.333. The second-order valence-corrected chi connectivity index (χ2v) is 6.81. The molecule has 0 saturated carbocycles. The van der Waals surface area contributed by atoms with Gasteiger partial charge in [-0.05, 0) is 6.92 Å². The van der Waals surface area contributed by atoms with Crippen LogP contribution in [0.5, 0.6) is 0 Å². The first-order chi connectivity index (χ1) is 12.1. The quantitative estimate of drug-likeness (QED) is 0.537. The number of hydrogen-bond acceptors (Lipinski definition) is 5. The Hall–Kier alpha value is -2.59. The molecule has 130 valence electrons. The summed E-state index contributed by atoms with van der Waals surface area (Å²) in [4.78, 5) is 14.0. The molecule has 1 aromatic carbocycles. The number of benzene rings is 1. The van der Waals surface area contributed by atoms with Gasteiger partial charge in [0, 0.05) is 25.7 Å². The highest BCUT2D eigenvalue weighted by molar-refractivity contribution is 8.00. The minimum atomic E-state index is -0.319. The van der Waals surface area contributed by atoms with Gasteiger partial charge in [-0.15, -0.1) is 16.8 Å². The number of hydrogen-bond donors (Lipinski definition) is 0. The number of amides is 1. The van der Waals surface area contributed by atoms with Crippen LogP contribution in [0.2, 0.25) is 0 Å². The van der Waals surface area contributed by atoms with Crippen molar-refractivity contribution in [2.45, 2.75) is 30.3 Å². The summed E-state index contributed by atoms with van der Waals surface area (Å²) in [6.07, 6.45) is 2.11. The Bertz CT molecular complexity index is 766. The van der Waals surface area contributed by atoms with E-state index in [1.165, 1.54) is 11.8 Å². The Kier molecular flexibility index (Phi) is 6.78. The maximum atomic E-state index is 12.4. The van der Waals surface area contributed by atoms with Gasteiger partial charge in [0.1, 0.15) is 0 Å². The van der Waals surface area contributed by atoms with Crippen molar-refractivity contribution in [1.82, 2.24) is 19.7 Å². The highest BCUT2D eigenvalue weighted by Gasteiger charge is 2.22. The molecular formula is C18H21N5OS. The maximum absolute atomic E-state index is 12.4. The summed E-state index contributed by atoms with van der Waals surface area (Å²) >= 11 is 1.36. The van der Waals surface area contributed by atoms with E-state index in [-0.39, 0.29) is 11.2 Å². The number of rotatable bonds is 8. The summed E-state index contributed by atoms with van der Waals surface area (Å²) < 4.78 is 1.95. The third kappa shape index (κ3) is 4.70. The van der Waals surface area contributed by atoms with Gasteiger partial charge in [0.05, 0.1) is 17.7 Å². The van der Waals surface area contributed by atoms with Crippen LogP contribution >= 0.6 is 11.8 Å². The second-order valence-electron chi connectivity index (χ2n) is 5.50. The van der Waals surface area contributed by atoms with Gasteiger partial charge < -0.3 is 4.90 Å². The third-order valence-corrected chi connectivity index (χ3v) is 4.69. The topological polar surface area (TPSA) is 74.8 Å². The fourth-order valence-corrected chi connectivity index (χ4v) is 3.29. The van der Waals surface area contributed by atoms with Crippen LogP contribution < -0.4 is 0 Å². The number of carbonyl (C=O) groups excluding carboxylic acids is 1. The van der Waals surface area contributed by atoms with Crippen molar-refractivity contribution in [3.8, 4) is 17.5 Å². The molecule has 0 saturated heterocycles. The first kappa shape index (κ1) is 18.7. The smallest absolute Gasteiger partial charge is 0.235 e. The molecule has 0 radical (unpaired) electrons. The molecule has 25 heavy (non-hydrogen) atoms. The van der Waals surface area contributed by atoms with Crippen LogP contribution in [0, 0.1) is 11.3 Å². The first-order valence-electron chi connectivity index (χ1n) is 7.96. The van der Waals surface area contributed by atoms with Gasteiger partial charge in [-0.25, -0.2) is 0 Å². The fourth-order valence-electron chi connectivity index (χ4n) is 2.32. The molecule has 1 atom stereocenters. The monoisotopic (exact) mass is 355 g/mol. The van der Waals surface area contributed by atoms with Gasteiger partial charge >= 0.3 is 0 Å². The number of thioether (sulfide) groups is 1. The molecule has 0 spiro atoms. The van der Waals surface area contributed by atoms with E-state index in [0.29, 0.717) is 24.7 Å². The van der Waals surface area contributed by atoms with E-state index >= 15 is 0 Å². The van der Waals surface area contributed by atoms with Gasteiger partial charge in [0.15, 0.2) is 11.0 Å². The molecule has 7 heteroatoms. The SMILES string of the molecule is C=CCn1c(S[C@@H](C)C(=O)N(C)CCC#N)nnc1-c1ccccc1. The molecule has 2 rings (SSSR count). The maximum Gasteiger partial charge on any atom is 0.235 e. The van der Waals surface area contributed by atoms with E-state index in [9.17, 15) is 4.79 Å². The van der Waals surface area contributed by atoms with Crippen LogP contribution in [-0.2, 0) is 11.3 Å². The van der Waals surface area contributed by atoms with Crippen molar-refractivity contribution < 1.29 is 4.79 Å². The van der Waals surface area contributed by atoms with Crippen LogP contribution in [0.3, 0.4) is 0 Å². The van der Waals surface area contributed by atoms with Crippen LogP contribution in [0.15, 0.2) is 48.1 Å². The number of aromatic nitrogens is 3. The van der Waals surface area contributed by atoms with E-state index in [0.717, 1.165) is 11.4 Å². The van der Waals surface area contributed by atoms with Crippen LogP contribution in [-0.4, -0.2) is 44.4 Å². The number of allylic oxidation sites excluding steroid dienone is 1. The zero-order chi connectivity index (χ0) is 18.2. The van der Waals surface area contributed by atoms with Gasteiger partial charge in [0.2, 0.25) is 5.91 Å². The minimum absolute atomic E-state index is 0.0327. The molecule has 1 heterocycles. The average molecular weight is 355 g/mol. The highest BCUT2D eigenvalue weighted by atomic mass is 32.2. The number of carbonyl (C=O) groups is 1. The summed E-state index contributed by atoms with van der Waals surface area (Å²) in [5.41, 5.74) is 0.966. The summed E-state index contributed by atoms with van der Waals surface area (Å²) in [6.45, 7) is 6.62. The lowest BCUT2D eigenvalue weighted by Crippen LogP contribution is -2.34. The number of nitrogens with zero attached hydrogens (tertiary/aromatic N) is 5. The molecule has 0 bridgehead atoms. The molecule has 0 unspecified atom stereocenters. The molecule has 0 aliphatic carbocycles. The predicted octanol–water partition coefficient (Wildman–Crippen LogP) is 2.98. The zero-order valence-corrected chi connectivity index (χ0v) is 15.2. The summed E-state index contributed by atoms with van der Waals surface area (Å²) in [5, 5.41) is 17.6. The van der Waals surface area contributed by atoms with E-state index in [2.05, 4.69) is 22.8 Å². The average Bonchev–Trinajstić information content (AvgIpc) is 3.02. The molecule has 0 N–H and O–H groups in total. The lowest BCUT2D eigenvalue weighted by molar-refractivity contribution is -0.128. The Balaban J connectivity index is 2.19. The van der Waals surface area contributed by atoms with Crippen LogP contribution in [0.1, 0.15) is 13.3 Å². The van der Waals surface area contributed by atoms with Crippen molar-refractivity contribution in [3.05, 3.63) is 43.0 Å². The third-order valence-electron chi connectivity index (χ3n) is 3.63. The summed E-state index contributed by atoms with van der Waals surface area (Å²) in [7, 11) is 1.71. The normalized spacial score (nSPS) is 11.6. The van der Waals surface area contributed by atoms with E-state index in [1.807, 2.05) is 41.8 Å². The molecule has 2 aromatic rings. The molecule has 1 aromatic heterocycles. The standard InChI is InChI=1S/C18H21N5OS/c1-4-12-23-16(15-9-6-5-7-10-15)20-21-18(23)25-14(2)17(24)22(3)13-8-11-19/h4-7,9-10,14H,1,8,12-13H2,2-3H3/t14-/m0/s1. The lowest BCUT2D eigenvalue weighted by Gasteiger charge is -2.19. The Morgan fingerprint density at radius 3 is 2.80 bits per heavy atom. The molecule has 6 nitrogen and oxygen atoms in total. The Morgan fingerprint density at radius 1 is 1.44 bits per heavy atom. The van der Waals surface area contributed by atoms with Crippen LogP contribution in [0.25, 0.3) is 11.4 Å². The van der Waals surface area contributed by atoms with E-state index in [4.69, 9.17) is 5.26 Å². The van der Waals surface area contributed by atoms with Gasteiger partial charge in [-0.3, -0.25) is 9.36 Å². The summed E-state index contributed by atoms with van der Waals surface area (Å²) in [6, 6.07) is 11.8. The van der Waals surface area contributed by atoms with Crippen molar-refractivity contribution in [2.75, 3.05) is 13.6 Å². The van der Waals surface area contributed by atoms with Gasteiger partial charge in [-0.1, -0.05) is 48.2 Å². The predicted molar refractivity (Wildman–Crippen MR) is 98.8 cm³/mol. The van der Waals surface area contributed by atoms with Crippen molar-refractivity contribution >= 4 is 17.7 Å². The lowest BCUT2D eigenvalue weighted by atomic mass is 10.2. The zero-order valence-electron chi connectivity index (χ0n) is 14.4. The van der Waals surface area contributed by atoms with Gasteiger partial charge in [-0.2, -0.15) is 5.26 Å². The molecule has 0 aliphatic heterocycles.